The van der Waals surface area contributed by atoms with Crippen LogP contribution in [0.15, 0.2) is 48.8 Å². The summed E-state index contributed by atoms with van der Waals surface area (Å²) in [4.78, 5) is 25.8. The van der Waals surface area contributed by atoms with Crippen molar-refractivity contribution in [3.8, 4) is 11.4 Å². The molecule has 3 heterocycles. The fraction of sp³-hybridized carbons (Fsp3) is 0.190. The highest BCUT2D eigenvalue weighted by molar-refractivity contribution is 6.06. The third-order valence-electron chi connectivity index (χ3n) is 4.51. The van der Waals surface area contributed by atoms with Gasteiger partial charge in [-0.25, -0.2) is 4.98 Å². The van der Waals surface area contributed by atoms with E-state index in [1.54, 1.807) is 12.4 Å². The van der Waals surface area contributed by atoms with Gasteiger partial charge in [0.25, 0.3) is 5.91 Å². The number of aromatic nitrogens is 5. The minimum atomic E-state index is -0.118. The third-order valence-corrected chi connectivity index (χ3v) is 4.51. The van der Waals surface area contributed by atoms with Crippen LogP contribution in [0.25, 0.3) is 22.3 Å². The quantitative estimate of drug-likeness (QED) is 0.561. The molecule has 0 aliphatic rings. The number of fused-ring (bicyclic) bond motifs is 1. The van der Waals surface area contributed by atoms with E-state index < -0.39 is 0 Å². The molecule has 0 unspecified atom stereocenters. The largest absolute Gasteiger partial charge is 0.352 e. The Morgan fingerprint density at radius 2 is 2.04 bits per heavy atom. The molecule has 0 saturated carbocycles. The van der Waals surface area contributed by atoms with E-state index in [-0.39, 0.29) is 5.91 Å². The Bertz CT molecular complexity index is 1140. The average Bonchev–Trinajstić information content (AvgIpc) is 3.18. The number of pyridine rings is 2. The summed E-state index contributed by atoms with van der Waals surface area (Å²) in [6.07, 6.45) is 3.98. The number of hydrogen-bond donors (Lipinski definition) is 2. The Kier molecular flexibility index (Phi) is 4.80. The predicted octanol–water partition coefficient (Wildman–Crippen LogP) is 3.00. The first kappa shape index (κ1) is 17.8. The van der Waals surface area contributed by atoms with Crippen LogP contribution in [0.5, 0.6) is 0 Å². The molecule has 1 amide bonds. The fourth-order valence-corrected chi connectivity index (χ4v) is 3.13. The van der Waals surface area contributed by atoms with Gasteiger partial charge in [0.05, 0.1) is 11.1 Å². The van der Waals surface area contributed by atoms with Crippen LogP contribution < -0.4 is 5.32 Å². The molecular weight excluding hydrogens is 352 g/mol. The molecule has 0 atom stereocenters. The summed E-state index contributed by atoms with van der Waals surface area (Å²) >= 11 is 0. The fourth-order valence-electron chi connectivity index (χ4n) is 3.13. The standard InChI is InChI=1S/C21H20N6O/c1-13-5-3-7-16-17(11-14(2)24-19(13)16)21(28)23-10-8-18-25-20(27-26-18)15-6-4-9-22-12-15/h3-7,9,11-12H,8,10H2,1-2H3,(H,23,28)(H,25,26,27). The van der Waals surface area contributed by atoms with Crippen molar-refractivity contribution in [2.45, 2.75) is 20.3 Å². The zero-order chi connectivity index (χ0) is 19.5. The number of rotatable bonds is 5. The summed E-state index contributed by atoms with van der Waals surface area (Å²) in [5, 5.41) is 11.0. The minimum Gasteiger partial charge on any atom is -0.352 e. The molecule has 0 fully saturated rings. The van der Waals surface area contributed by atoms with E-state index in [2.05, 4.69) is 30.5 Å². The van der Waals surface area contributed by atoms with E-state index in [1.165, 1.54) is 0 Å². The molecule has 4 aromatic rings. The maximum absolute atomic E-state index is 12.7. The van der Waals surface area contributed by atoms with Gasteiger partial charge in [-0.15, -0.1) is 0 Å². The first-order chi connectivity index (χ1) is 13.6. The van der Waals surface area contributed by atoms with Crippen molar-refractivity contribution in [2.24, 2.45) is 0 Å². The highest BCUT2D eigenvalue weighted by Gasteiger charge is 2.13. The predicted molar refractivity (Wildman–Crippen MR) is 107 cm³/mol. The maximum Gasteiger partial charge on any atom is 0.252 e. The van der Waals surface area contributed by atoms with Crippen molar-refractivity contribution in [1.29, 1.82) is 0 Å². The molecule has 2 N–H and O–H groups in total. The topological polar surface area (TPSA) is 96.5 Å². The Hall–Kier alpha value is -3.61. The number of amides is 1. The van der Waals surface area contributed by atoms with Crippen molar-refractivity contribution in [3.05, 3.63) is 71.4 Å². The molecule has 7 nitrogen and oxygen atoms in total. The third kappa shape index (κ3) is 3.59. The lowest BCUT2D eigenvalue weighted by Crippen LogP contribution is -2.26. The first-order valence-electron chi connectivity index (χ1n) is 9.08. The molecule has 7 heteroatoms. The van der Waals surface area contributed by atoms with Crippen LogP contribution in [-0.2, 0) is 6.42 Å². The second kappa shape index (κ2) is 7.56. The van der Waals surface area contributed by atoms with E-state index in [0.29, 0.717) is 30.2 Å². The van der Waals surface area contributed by atoms with Gasteiger partial charge in [-0.3, -0.25) is 19.9 Å². The molecule has 0 bridgehead atoms. The molecule has 0 aliphatic heterocycles. The number of H-pyrrole nitrogens is 1. The number of benzene rings is 1. The lowest BCUT2D eigenvalue weighted by molar-refractivity contribution is 0.0955. The van der Waals surface area contributed by atoms with Crippen molar-refractivity contribution in [2.75, 3.05) is 6.54 Å². The summed E-state index contributed by atoms with van der Waals surface area (Å²) < 4.78 is 0. The van der Waals surface area contributed by atoms with E-state index in [1.807, 2.05) is 50.2 Å². The average molecular weight is 372 g/mol. The molecular formula is C21H20N6O. The maximum atomic E-state index is 12.7. The molecule has 3 aromatic heterocycles. The van der Waals surface area contributed by atoms with Gasteiger partial charge in [-0.05, 0) is 37.6 Å². The number of nitrogens with zero attached hydrogens (tertiary/aromatic N) is 4. The first-order valence-corrected chi connectivity index (χ1v) is 9.08. The zero-order valence-electron chi connectivity index (χ0n) is 15.7. The molecule has 0 saturated heterocycles. The number of hydrogen-bond acceptors (Lipinski definition) is 5. The SMILES string of the molecule is Cc1cc(C(=O)NCCc2nc(-c3cccnc3)n[nH]2)c2cccc(C)c2n1. The van der Waals surface area contributed by atoms with E-state index >= 15 is 0 Å². The molecule has 0 spiro atoms. The van der Waals surface area contributed by atoms with Gasteiger partial charge in [0.15, 0.2) is 5.82 Å². The summed E-state index contributed by atoms with van der Waals surface area (Å²) in [5.41, 5.74) is 4.23. The second-order valence-electron chi connectivity index (χ2n) is 6.64. The van der Waals surface area contributed by atoms with Crippen molar-refractivity contribution in [1.82, 2.24) is 30.5 Å². The lowest BCUT2D eigenvalue weighted by Gasteiger charge is -2.10. The van der Waals surface area contributed by atoms with E-state index in [4.69, 9.17) is 0 Å². The van der Waals surface area contributed by atoms with Crippen LogP contribution in [0.1, 0.15) is 27.4 Å². The van der Waals surface area contributed by atoms with Gasteiger partial charge in [0.1, 0.15) is 5.82 Å². The number of aryl methyl sites for hydroxylation is 2. The van der Waals surface area contributed by atoms with Gasteiger partial charge in [0, 0.05) is 42.0 Å². The van der Waals surface area contributed by atoms with Crippen LogP contribution in [-0.4, -0.2) is 37.6 Å². The van der Waals surface area contributed by atoms with E-state index in [9.17, 15) is 4.79 Å². The summed E-state index contributed by atoms with van der Waals surface area (Å²) in [7, 11) is 0. The molecule has 0 aliphatic carbocycles. The summed E-state index contributed by atoms with van der Waals surface area (Å²) in [5.74, 6) is 1.19. The second-order valence-corrected chi connectivity index (χ2v) is 6.64. The van der Waals surface area contributed by atoms with Crippen LogP contribution in [0.2, 0.25) is 0 Å². The highest BCUT2D eigenvalue weighted by atomic mass is 16.1. The molecule has 28 heavy (non-hydrogen) atoms. The smallest absolute Gasteiger partial charge is 0.252 e. The summed E-state index contributed by atoms with van der Waals surface area (Å²) in [6.45, 7) is 4.35. The monoisotopic (exact) mass is 372 g/mol. The number of carbonyl (C=O) groups is 1. The lowest BCUT2D eigenvalue weighted by atomic mass is 10.0. The Morgan fingerprint density at radius 3 is 2.86 bits per heavy atom. The number of nitrogens with one attached hydrogen (secondary N) is 2. The highest BCUT2D eigenvalue weighted by Crippen LogP contribution is 2.21. The Morgan fingerprint density at radius 1 is 1.14 bits per heavy atom. The molecule has 4 rings (SSSR count). The normalized spacial score (nSPS) is 10.9. The van der Waals surface area contributed by atoms with Gasteiger partial charge >= 0.3 is 0 Å². The van der Waals surface area contributed by atoms with Gasteiger partial charge in [-0.1, -0.05) is 18.2 Å². The van der Waals surface area contributed by atoms with E-state index in [0.717, 1.165) is 27.7 Å². The van der Waals surface area contributed by atoms with Crippen LogP contribution in [0, 0.1) is 13.8 Å². The van der Waals surface area contributed by atoms with Crippen LogP contribution >= 0.6 is 0 Å². The Balaban J connectivity index is 1.45. The van der Waals surface area contributed by atoms with Crippen molar-refractivity contribution >= 4 is 16.8 Å². The molecule has 0 radical (unpaired) electrons. The number of para-hydroxylation sites is 1. The summed E-state index contributed by atoms with van der Waals surface area (Å²) in [6, 6.07) is 11.4. The van der Waals surface area contributed by atoms with Gasteiger partial charge in [0.2, 0.25) is 0 Å². The zero-order valence-corrected chi connectivity index (χ0v) is 15.7. The van der Waals surface area contributed by atoms with Crippen molar-refractivity contribution < 1.29 is 4.79 Å². The van der Waals surface area contributed by atoms with Crippen LogP contribution in [0.3, 0.4) is 0 Å². The molecule has 140 valence electrons. The van der Waals surface area contributed by atoms with Gasteiger partial charge in [-0.2, -0.15) is 5.10 Å². The number of carbonyl (C=O) groups excluding carboxylic acids is 1. The Labute approximate surface area is 162 Å². The van der Waals surface area contributed by atoms with Gasteiger partial charge < -0.3 is 5.32 Å². The van der Waals surface area contributed by atoms with Crippen molar-refractivity contribution in [3.63, 3.8) is 0 Å². The molecule has 1 aromatic carbocycles. The number of aromatic amines is 1. The van der Waals surface area contributed by atoms with Crippen LogP contribution in [0.4, 0.5) is 0 Å². The minimum absolute atomic E-state index is 0.118.